The first-order valence-corrected chi connectivity index (χ1v) is 14.1. The molecule has 3 aliphatic heterocycles. The molecule has 0 saturated carbocycles. The molecule has 2 aromatic heterocycles. The molecule has 5 heterocycles. The Labute approximate surface area is 217 Å². The number of benzene rings is 1. The van der Waals surface area contributed by atoms with Crippen LogP contribution in [-0.2, 0) is 11.2 Å². The van der Waals surface area contributed by atoms with Gasteiger partial charge in [0.1, 0.15) is 16.9 Å². The van der Waals surface area contributed by atoms with Crippen LogP contribution in [0.5, 0.6) is 0 Å². The van der Waals surface area contributed by atoms with E-state index in [1.54, 1.807) is 0 Å². The fourth-order valence-corrected chi connectivity index (χ4v) is 7.94. The molecule has 1 aliphatic carbocycles. The minimum Gasteiger partial charge on any atom is -0.461 e. The molecule has 0 N–H and O–H groups in total. The third-order valence-electron chi connectivity index (χ3n) is 9.89. The van der Waals surface area contributed by atoms with Crippen molar-refractivity contribution in [3.63, 3.8) is 0 Å². The lowest BCUT2D eigenvalue weighted by Gasteiger charge is -2.54. The molecular weight excluding hydrogens is 464 g/mol. The average molecular weight is 501 g/mol. The predicted octanol–water partition coefficient (Wildman–Crippen LogP) is 5.43. The summed E-state index contributed by atoms with van der Waals surface area (Å²) in [4.78, 5) is 31.8. The van der Waals surface area contributed by atoms with E-state index in [2.05, 4.69) is 15.9 Å². The summed E-state index contributed by atoms with van der Waals surface area (Å²) in [5, 5.41) is 1.90. The van der Waals surface area contributed by atoms with Gasteiger partial charge in [0.15, 0.2) is 0 Å². The lowest BCUT2D eigenvalue weighted by atomic mass is 9.68. The quantitative estimate of drug-likeness (QED) is 0.347. The molecule has 0 radical (unpaired) electrons. The van der Waals surface area contributed by atoms with Crippen molar-refractivity contribution in [2.45, 2.75) is 77.8 Å². The molecule has 3 aromatic rings. The Balaban J connectivity index is 1.21. The van der Waals surface area contributed by atoms with Crippen LogP contribution < -0.4 is 5.63 Å². The van der Waals surface area contributed by atoms with Gasteiger partial charge in [0.2, 0.25) is 5.91 Å². The summed E-state index contributed by atoms with van der Waals surface area (Å²) in [6.07, 6.45) is 9.89. The number of carbonyl (C=O) groups excluding carboxylic acids is 1. The maximum absolute atomic E-state index is 13.9. The van der Waals surface area contributed by atoms with E-state index >= 15 is 0 Å². The lowest BCUT2D eigenvalue weighted by Crippen LogP contribution is -2.60. The van der Waals surface area contributed by atoms with Crippen LogP contribution in [0.4, 0.5) is 0 Å². The van der Waals surface area contributed by atoms with Gasteiger partial charge < -0.3 is 13.7 Å². The summed E-state index contributed by atoms with van der Waals surface area (Å²) in [5.74, 6) is 2.06. The first-order chi connectivity index (χ1) is 17.9. The molecule has 3 saturated heterocycles. The van der Waals surface area contributed by atoms with Gasteiger partial charge in [-0.1, -0.05) is 18.1 Å². The number of furan rings is 1. The molecule has 4 aliphatic rings. The number of fused-ring (bicyclic) bond motifs is 8. The van der Waals surface area contributed by atoms with Crippen molar-refractivity contribution in [3.05, 3.63) is 56.7 Å². The van der Waals surface area contributed by atoms with E-state index in [4.69, 9.17) is 8.83 Å². The van der Waals surface area contributed by atoms with E-state index < -0.39 is 5.63 Å². The maximum atomic E-state index is 13.9. The molecule has 37 heavy (non-hydrogen) atoms. The highest BCUT2D eigenvalue weighted by atomic mass is 16.4. The van der Waals surface area contributed by atoms with Gasteiger partial charge in [-0.15, -0.1) is 0 Å². The summed E-state index contributed by atoms with van der Waals surface area (Å²) >= 11 is 0. The zero-order chi connectivity index (χ0) is 25.4. The van der Waals surface area contributed by atoms with Crippen LogP contribution in [0.15, 0.2) is 37.4 Å². The molecule has 4 atom stereocenters. The van der Waals surface area contributed by atoms with Crippen molar-refractivity contribution in [2.75, 3.05) is 19.6 Å². The Hall–Kier alpha value is -2.86. The standard InChI is InChI=1S/C31H36N2O4/c1-17-19(3)36-27-15-28-24(13-23(17)27)18(2)25(31(35)37-28)14-29(34)33-10-6-7-20-11-21-12-22(30(20)33)16-32-9-5-4-8-26(21)32/h11,13,15,21-22,26,30H,4-10,12,14,16H2,1-3H3/t21-,22+,26+,30+/m0/s1. The molecule has 1 amide bonds. The van der Waals surface area contributed by atoms with Crippen LogP contribution in [0.25, 0.3) is 21.9 Å². The number of carbonyl (C=O) groups is 1. The number of aryl methyl sites for hydroxylation is 3. The fourth-order valence-electron chi connectivity index (χ4n) is 7.94. The largest absolute Gasteiger partial charge is 0.461 e. The Morgan fingerprint density at radius 2 is 1.81 bits per heavy atom. The van der Waals surface area contributed by atoms with Crippen LogP contribution >= 0.6 is 0 Å². The van der Waals surface area contributed by atoms with Crippen LogP contribution in [-0.4, -0.2) is 47.4 Å². The van der Waals surface area contributed by atoms with E-state index in [-0.39, 0.29) is 18.4 Å². The Morgan fingerprint density at radius 3 is 2.68 bits per heavy atom. The minimum absolute atomic E-state index is 0.0565. The smallest absolute Gasteiger partial charge is 0.340 e. The second kappa shape index (κ2) is 8.59. The highest BCUT2D eigenvalue weighted by molar-refractivity contribution is 5.97. The number of rotatable bonds is 2. The minimum atomic E-state index is -0.414. The Morgan fingerprint density at radius 1 is 1.00 bits per heavy atom. The molecule has 6 heteroatoms. The van der Waals surface area contributed by atoms with Gasteiger partial charge in [0.25, 0.3) is 0 Å². The molecule has 194 valence electrons. The maximum Gasteiger partial charge on any atom is 0.340 e. The molecule has 3 fully saturated rings. The van der Waals surface area contributed by atoms with Gasteiger partial charge in [-0.2, -0.15) is 0 Å². The molecule has 0 unspecified atom stereocenters. The second-order valence-electron chi connectivity index (χ2n) is 11.9. The number of hydrogen-bond acceptors (Lipinski definition) is 5. The van der Waals surface area contributed by atoms with Gasteiger partial charge in [-0.25, -0.2) is 4.79 Å². The van der Waals surface area contributed by atoms with Crippen LogP contribution in [0.2, 0.25) is 0 Å². The number of nitrogens with zero attached hydrogens (tertiary/aromatic N) is 2. The molecule has 6 nitrogen and oxygen atoms in total. The van der Waals surface area contributed by atoms with Crippen molar-refractivity contribution in [1.82, 2.24) is 9.80 Å². The summed E-state index contributed by atoms with van der Waals surface area (Å²) in [6.45, 7) is 9.00. The number of hydrogen-bond donors (Lipinski definition) is 0. The van der Waals surface area contributed by atoms with Crippen molar-refractivity contribution < 1.29 is 13.6 Å². The zero-order valence-electron chi connectivity index (χ0n) is 22.1. The number of likely N-dealkylation sites (tertiary alicyclic amines) is 1. The SMILES string of the molecule is Cc1oc2cc3oc(=O)c(CC(=O)N4CCCC5=C[C@H]6C[C@H](CN7CCCC[C@H]67)[C@@H]54)c(C)c3cc2c1C. The molecule has 1 aromatic carbocycles. The highest BCUT2D eigenvalue weighted by Crippen LogP contribution is 2.45. The Kier molecular flexibility index (Phi) is 5.40. The number of piperidine rings is 3. The third kappa shape index (κ3) is 3.63. The second-order valence-corrected chi connectivity index (χ2v) is 11.9. The monoisotopic (exact) mass is 500 g/mol. The molecule has 2 bridgehead atoms. The first-order valence-electron chi connectivity index (χ1n) is 14.1. The fraction of sp³-hybridized carbons (Fsp3) is 0.548. The van der Waals surface area contributed by atoms with Gasteiger partial charge in [-0.3, -0.25) is 9.69 Å². The van der Waals surface area contributed by atoms with Crippen molar-refractivity contribution in [3.8, 4) is 0 Å². The van der Waals surface area contributed by atoms with Crippen LogP contribution in [0.1, 0.15) is 61.0 Å². The normalized spacial score (nSPS) is 27.8. The van der Waals surface area contributed by atoms with Crippen molar-refractivity contribution in [1.29, 1.82) is 0 Å². The lowest BCUT2D eigenvalue weighted by molar-refractivity contribution is -0.135. The predicted molar refractivity (Wildman–Crippen MR) is 144 cm³/mol. The van der Waals surface area contributed by atoms with E-state index in [0.717, 1.165) is 59.2 Å². The van der Waals surface area contributed by atoms with Gasteiger partial charge in [0, 0.05) is 36.0 Å². The molecule has 0 spiro atoms. The van der Waals surface area contributed by atoms with Crippen molar-refractivity contribution >= 4 is 27.8 Å². The number of amides is 1. The Bertz CT molecular complexity index is 1510. The van der Waals surface area contributed by atoms with Crippen LogP contribution in [0.3, 0.4) is 0 Å². The average Bonchev–Trinajstić information content (AvgIpc) is 3.17. The molecule has 7 rings (SSSR count). The van der Waals surface area contributed by atoms with Crippen molar-refractivity contribution in [2.24, 2.45) is 11.8 Å². The first kappa shape index (κ1) is 23.3. The van der Waals surface area contributed by atoms with E-state index in [1.807, 2.05) is 32.9 Å². The summed E-state index contributed by atoms with van der Waals surface area (Å²) in [6, 6.07) is 4.73. The van der Waals surface area contributed by atoms with Gasteiger partial charge >= 0.3 is 5.63 Å². The van der Waals surface area contributed by atoms with E-state index in [0.29, 0.717) is 29.0 Å². The van der Waals surface area contributed by atoms with Crippen LogP contribution in [0, 0.1) is 32.6 Å². The van der Waals surface area contributed by atoms with E-state index in [9.17, 15) is 9.59 Å². The zero-order valence-corrected chi connectivity index (χ0v) is 22.1. The molecular formula is C31H36N2O4. The van der Waals surface area contributed by atoms with E-state index in [1.165, 1.54) is 37.8 Å². The van der Waals surface area contributed by atoms with Gasteiger partial charge in [-0.05, 0) is 88.4 Å². The highest BCUT2D eigenvalue weighted by Gasteiger charge is 2.46. The topological polar surface area (TPSA) is 66.9 Å². The summed E-state index contributed by atoms with van der Waals surface area (Å²) in [7, 11) is 0. The van der Waals surface area contributed by atoms with Gasteiger partial charge in [0.05, 0.1) is 18.0 Å². The summed E-state index contributed by atoms with van der Waals surface area (Å²) in [5.41, 5.74) is 4.71. The summed E-state index contributed by atoms with van der Waals surface area (Å²) < 4.78 is 11.6. The third-order valence-corrected chi connectivity index (χ3v) is 9.89.